The van der Waals surface area contributed by atoms with Gasteiger partial charge in [-0.3, -0.25) is 0 Å². The number of benzene rings is 1. The summed E-state index contributed by atoms with van der Waals surface area (Å²) in [6, 6.07) is 8.73. The van der Waals surface area contributed by atoms with Crippen molar-refractivity contribution < 1.29 is 19.2 Å². The van der Waals surface area contributed by atoms with E-state index >= 15 is 0 Å². The Morgan fingerprint density at radius 2 is 1.71 bits per heavy atom. The van der Waals surface area contributed by atoms with Gasteiger partial charge in [0.15, 0.2) is 0 Å². The Morgan fingerprint density at radius 3 is 2.29 bits per heavy atom. The van der Waals surface area contributed by atoms with Crippen LogP contribution in [0.3, 0.4) is 0 Å². The first kappa shape index (κ1) is 17.2. The van der Waals surface area contributed by atoms with E-state index in [0.29, 0.717) is 24.7 Å². The number of allylic oxidation sites excluding steroid dienone is 2. The zero-order valence-corrected chi connectivity index (χ0v) is 17.3. The van der Waals surface area contributed by atoms with Gasteiger partial charge in [0, 0.05) is 20.5 Å². The summed E-state index contributed by atoms with van der Waals surface area (Å²) in [7, 11) is -1.69. The van der Waals surface area contributed by atoms with Crippen molar-refractivity contribution in [3.63, 3.8) is 0 Å². The van der Waals surface area contributed by atoms with Gasteiger partial charge in [-0.05, 0) is 31.1 Å². The number of rotatable bonds is 1. The van der Waals surface area contributed by atoms with E-state index in [9.17, 15) is 0 Å². The van der Waals surface area contributed by atoms with E-state index in [1.807, 2.05) is 11.3 Å². The fourth-order valence-electron chi connectivity index (χ4n) is 3.16. The van der Waals surface area contributed by atoms with Crippen LogP contribution in [-0.4, -0.2) is 8.24 Å². The first-order valence-corrected chi connectivity index (χ1v) is 14.5. The van der Waals surface area contributed by atoms with Gasteiger partial charge in [0.1, 0.15) is 8.24 Å². The molecule has 2 N–H and O–H groups in total. The van der Waals surface area contributed by atoms with Crippen molar-refractivity contribution in [1.29, 1.82) is 0 Å². The maximum atomic E-state index is 6.54. The molecule has 0 radical (unpaired) electrons. The Hall–Kier alpha value is -0.189. The average Bonchev–Trinajstić information content (AvgIpc) is 2.86. The van der Waals surface area contributed by atoms with Crippen LogP contribution < -0.4 is 5.40 Å². The zero-order valence-electron chi connectivity index (χ0n) is 13.9. The molecule has 1 atom stereocenters. The van der Waals surface area contributed by atoms with Crippen molar-refractivity contribution in [3.8, 4) is 0 Å². The summed E-state index contributed by atoms with van der Waals surface area (Å²) in [5.74, 6) is 0. The summed E-state index contributed by atoms with van der Waals surface area (Å²) >= 11 is 2.44. The molecule has 0 saturated carbocycles. The summed E-state index contributed by atoms with van der Waals surface area (Å²) in [4.78, 5) is 1.52. The third-order valence-corrected chi connectivity index (χ3v) is 7.68. The summed E-state index contributed by atoms with van der Waals surface area (Å²) in [5.41, 5.74) is 4.94. The molecule has 1 aliphatic rings. The summed E-state index contributed by atoms with van der Waals surface area (Å²) in [5, 5.41) is 12.5. The Kier molecular flexibility index (Phi) is 5.32. The molecule has 0 spiro atoms. The quantitative estimate of drug-likeness (QED) is 0.659. The maximum absolute atomic E-state index is 6.54. The number of hydrogen-bond donors (Lipinski definition) is 1. The third kappa shape index (κ3) is 3.13. The standard InChI is InChI=1S/C15H19NSSi.2CH3.Ti/c1-9-10(2)15(18(3,4)16)14-13(9)11-7-5-6-8-12(11)17-14;;;/h5-8,15H,16H2,1-4H3;2*1H3;. The Morgan fingerprint density at radius 1 is 1.14 bits per heavy atom. The van der Waals surface area contributed by atoms with Gasteiger partial charge < -0.3 is 5.40 Å². The van der Waals surface area contributed by atoms with E-state index in [1.54, 1.807) is 0 Å². The van der Waals surface area contributed by atoms with Crippen LogP contribution >= 0.6 is 11.3 Å². The normalized spacial score (nSPS) is 17.6. The van der Waals surface area contributed by atoms with Crippen LogP contribution in [0.2, 0.25) is 23.6 Å². The van der Waals surface area contributed by atoms with Crippen LogP contribution in [0.25, 0.3) is 15.7 Å². The van der Waals surface area contributed by atoms with E-state index < -0.39 is 8.24 Å². The predicted octanol–water partition coefficient (Wildman–Crippen LogP) is 5.66. The Bertz CT molecular complexity index is 682. The van der Waals surface area contributed by atoms with Crippen LogP contribution in [-0.2, 0) is 19.2 Å². The second kappa shape index (κ2) is 6.51. The van der Waals surface area contributed by atoms with Gasteiger partial charge in [0.2, 0.25) is 0 Å². The molecular formula is C17H25NSSiTi. The average molecular weight is 351 g/mol. The summed E-state index contributed by atoms with van der Waals surface area (Å²) < 4.78 is 1.40. The molecule has 1 aliphatic carbocycles. The molecular weight excluding hydrogens is 326 g/mol. The van der Waals surface area contributed by atoms with E-state index in [-0.39, 0.29) is 0 Å². The van der Waals surface area contributed by atoms with Gasteiger partial charge in [-0.2, -0.15) is 0 Å². The number of thiophene rings is 1. The van der Waals surface area contributed by atoms with Crippen molar-refractivity contribution in [3.05, 3.63) is 40.3 Å². The van der Waals surface area contributed by atoms with Crippen molar-refractivity contribution in [2.45, 2.75) is 42.9 Å². The van der Waals surface area contributed by atoms with E-state index in [4.69, 9.17) is 5.40 Å². The summed E-state index contributed by atoms with van der Waals surface area (Å²) in [6.07, 6.45) is 0. The van der Waals surface area contributed by atoms with Gasteiger partial charge in [-0.25, -0.2) is 0 Å². The van der Waals surface area contributed by atoms with Gasteiger partial charge in [0.25, 0.3) is 0 Å². The van der Waals surface area contributed by atoms with Gasteiger partial charge in [0.05, 0.1) is 0 Å². The molecule has 1 nitrogen and oxygen atoms in total. The second-order valence-electron chi connectivity index (χ2n) is 6.40. The minimum atomic E-state index is -1.69. The number of nitrogens with two attached hydrogens (primary N) is 1. The fraction of sp³-hybridized carbons (Fsp3) is 0.412. The van der Waals surface area contributed by atoms with Crippen LogP contribution in [0.1, 0.15) is 29.8 Å². The van der Waals surface area contributed by atoms with Gasteiger partial charge in [-0.1, -0.05) is 36.9 Å². The van der Waals surface area contributed by atoms with Crippen molar-refractivity contribution >= 4 is 35.2 Å². The van der Waals surface area contributed by atoms with E-state index in [1.165, 1.54) is 31.7 Å². The topological polar surface area (TPSA) is 26.0 Å². The Balaban J connectivity index is 0.000000497. The third-order valence-electron chi connectivity index (χ3n) is 4.03. The van der Waals surface area contributed by atoms with Gasteiger partial charge in [-0.15, -0.1) is 11.3 Å². The molecule has 1 aromatic heterocycles. The monoisotopic (exact) mass is 351 g/mol. The molecule has 0 amide bonds. The van der Waals surface area contributed by atoms with Crippen LogP contribution in [0.15, 0.2) is 29.8 Å². The van der Waals surface area contributed by atoms with Crippen LogP contribution in [0.4, 0.5) is 0 Å². The molecule has 0 fully saturated rings. The molecule has 112 valence electrons. The van der Waals surface area contributed by atoms with E-state index in [0.717, 1.165) is 0 Å². The molecule has 21 heavy (non-hydrogen) atoms. The molecule has 1 heterocycles. The van der Waals surface area contributed by atoms with Crippen molar-refractivity contribution in [2.24, 2.45) is 5.40 Å². The zero-order chi connectivity index (χ0) is 15.8. The van der Waals surface area contributed by atoms with Crippen molar-refractivity contribution in [2.75, 3.05) is 0 Å². The SMILES string of the molecule is CC1=C(C)C([Si](C)(C)N)c2sc3ccccc3c21.[CH3][Ti][CH3]. The van der Waals surface area contributed by atoms with E-state index in [2.05, 4.69) is 61.7 Å². The molecule has 0 bridgehead atoms. The first-order valence-electron chi connectivity index (χ1n) is 7.39. The number of fused-ring (bicyclic) bond motifs is 3. The second-order valence-corrected chi connectivity index (χ2v) is 13.3. The minimum absolute atomic E-state index is 0.500. The predicted molar refractivity (Wildman–Crippen MR) is 96.2 cm³/mol. The molecule has 0 saturated heterocycles. The molecule has 4 heteroatoms. The molecule has 1 unspecified atom stereocenters. The fourth-order valence-corrected chi connectivity index (χ4v) is 7.72. The first-order chi connectivity index (χ1) is 9.82. The molecule has 1 aromatic carbocycles. The Labute approximate surface area is 142 Å². The summed E-state index contributed by atoms with van der Waals surface area (Å²) in [6.45, 7) is 9.07. The molecule has 0 aliphatic heterocycles. The van der Waals surface area contributed by atoms with Gasteiger partial charge >= 0.3 is 29.6 Å². The van der Waals surface area contributed by atoms with Crippen LogP contribution in [0, 0.1) is 0 Å². The molecule has 3 rings (SSSR count). The molecule has 2 aromatic rings. The van der Waals surface area contributed by atoms with Crippen LogP contribution in [0.5, 0.6) is 0 Å². The number of hydrogen-bond acceptors (Lipinski definition) is 2. The van der Waals surface area contributed by atoms with Crippen molar-refractivity contribution in [1.82, 2.24) is 0 Å².